The molecule has 3 heteroatoms. The van der Waals surface area contributed by atoms with Gasteiger partial charge in [-0.05, 0) is 0 Å². The van der Waals surface area contributed by atoms with Gasteiger partial charge in [0.2, 0.25) is 0 Å². The number of hydrogen-bond acceptors (Lipinski definition) is 2. The van der Waals surface area contributed by atoms with Gasteiger partial charge in [-0.3, -0.25) is 6.08 Å². The van der Waals surface area contributed by atoms with E-state index in [1.165, 1.54) is 0 Å². The minimum Gasteiger partial charge on any atom is -0.358 e. The van der Waals surface area contributed by atoms with Crippen molar-refractivity contribution >= 4 is 13.6 Å². The van der Waals surface area contributed by atoms with Crippen molar-refractivity contribution in [1.82, 2.24) is 0 Å². The molecule has 1 rings (SSSR count). The largest absolute Gasteiger partial charge is 2.00 e. The average Bonchev–Trinajstić information content (AvgIpc) is 2.51. The number of hydrogen-bond donors (Lipinski definition) is 0. The van der Waals surface area contributed by atoms with E-state index in [4.69, 9.17) is 9.59 Å². The maximum atomic E-state index is 8.00. The Morgan fingerprint density at radius 3 is 1.73 bits per heavy atom. The van der Waals surface area contributed by atoms with Crippen LogP contribution in [0.4, 0.5) is 0 Å². The first-order valence-corrected chi connectivity index (χ1v) is 2.29. The van der Waals surface area contributed by atoms with Crippen molar-refractivity contribution < 1.29 is 26.7 Å². The Balaban J connectivity index is -0.0000000369. The maximum absolute atomic E-state index is 8.00. The van der Waals surface area contributed by atoms with Gasteiger partial charge in [-0.25, -0.2) is 12.2 Å². The van der Waals surface area contributed by atoms with E-state index in [1.807, 2.05) is 25.7 Å². The minimum atomic E-state index is 0. The molecule has 11 heavy (non-hydrogen) atoms. The standard InChI is InChI=1S/C5H5.2CH2O.CH3.Mn/c1-2-4-5-3-1;2*1-2;;/h1-3H,4H2;2*1H2;1H3;/q-1;;;-1;+2. The quantitative estimate of drug-likeness (QED) is 0.432. The van der Waals surface area contributed by atoms with E-state index in [1.54, 1.807) is 0 Å². The van der Waals surface area contributed by atoms with E-state index in [2.05, 4.69) is 12.2 Å². The van der Waals surface area contributed by atoms with Gasteiger partial charge in [-0.1, -0.05) is 0 Å². The molecule has 0 aromatic heterocycles. The molecule has 0 spiro atoms. The molecule has 0 atom stereocenters. The van der Waals surface area contributed by atoms with Crippen LogP contribution in [0, 0.1) is 13.5 Å². The third kappa shape index (κ3) is 26.7. The van der Waals surface area contributed by atoms with E-state index in [0.717, 1.165) is 6.42 Å². The Hall–Kier alpha value is -0.661. The topological polar surface area (TPSA) is 34.1 Å². The van der Waals surface area contributed by atoms with Crippen LogP contribution in [-0.4, -0.2) is 13.6 Å². The number of allylic oxidation sites excluding steroid dienone is 4. The van der Waals surface area contributed by atoms with E-state index >= 15 is 0 Å². The summed E-state index contributed by atoms with van der Waals surface area (Å²) in [6, 6.07) is 0. The Labute approximate surface area is 78.8 Å². The van der Waals surface area contributed by atoms with Crippen LogP contribution in [0.15, 0.2) is 18.2 Å². The second-order valence-corrected chi connectivity index (χ2v) is 1.00. The van der Waals surface area contributed by atoms with E-state index < -0.39 is 0 Å². The van der Waals surface area contributed by atoms with Gasteiger partial charge in [0.25, 0.3) is 0 Å². The minimum absolute atomic E-state index is 0. The molecule has 0 aromatic rings. The van der Waals surface area contributed by atoms with Crippen molar-refractivity contribution in [3.63, 3.8) is 0 Å². The molecule has 0 aromatic carbocycles. The second kappa shape index (κ2) is 34.5. The van der Waals surface area contributed by atoms with Crippen molar-refractivity contribution in [2.45, 2.75) is 6.42 Å². The molecular weight excluding hydrogens is 183 g/mol. The molecule has 1 aliphatic carbocycles. The number of rotatable bonds is 0. The SMILES string of the molecule is C=O.C=O.[C-]1=CC=CC1.[CH3-].[Mn+2]. The molecule has 0 saturated carbocycles. The Morgan fingerprint density at radius 1 is 1.18 bits per heavy atom. The van der Waals surface area contributed by atoms with Crippen LogP contribution < -0.4 is 0 Å². The summed E-state index contributed by atoms with van der Waals surface area (Å²) < 4.78 is 0. The molecule has 63 valence electrons. The van der Waals surface area contributed by atoms with Crippen LogP contribution in [0.25, 0.3) is 0 Å². The molecule has 0 bridgehead atoms. The summed E-state index contributed by atoms with van der Waals surface area (Å²) in [4.78, 5) is 16.0. The van der Waals surface area contributed by atoms with E-state index in [9.17, 15) is 0 Å². The van der Waals surface area contributed by atoms with Crippen molar-refractivity contribution in [2.24, 2.45) is 0 Å². The Kier molecular flexibility index (Phi) is 70.4. The fraction of sp³-hybridized carbons (Fsp3) is 0.125. The molecule has 0 heterocycles. The predicted octanol–water partition coefficient (Wildman–Crippen LogP) is 1.38. The molecule has 1 aliphatic rings. The van der Waals surface area contributed by atoms with Crippen LogP contribution in [0.1, 0.15) is 6.42 Å². The fourth-order valence-electron chi connectivity index (χ4n) is 0.340. The summed E-state index contributed by atoms with van der Waals surface area (Å²) >= 11 is 0. The molecule has 2 nitrogen and oxygen atoms in total. The second-order valence-electron chi connectivity index (χ2n) is 1.00. The Bertz CT molecular complexity index is 88.3. The first-order chi connectivity index (χ1) is 4.50. The smallest absolute Gasteiger partial charge is 0.358 e. The molecular formula is C8H12MnO2. The third-order valence-corrected chi connectivity index (χ3v) is 0.586. The van der Waals surface area contributed by atoms with Gasteiger partial charge in [-0.2, -0.15) is 6.08 Å². The van der Waals surface area contributed by atoms with Crippen LogP contribution in [0.5, 0.6) is 0 Å². The maximum Gasteiger partial charge on any atom is 2.00 e. The van der Waals surface area contributed by atoms with Crippen LogP contribution in [-0.2, 0) is 26.7 Å². The van der Waals surface area contributed by atoms with Gasteiger partial charge in [0, 0.05) is 0 Å². The van der Waals surface area contributed by atoms with E-state index in [0.29, 0.717) is 0 Å². The van der Waals surface area contributed by atoms with Gasteiger partial charge in [0.15, 0.2) is 0 Å². The van der Waals surface area contributed by atoms with Crippen molar-refractivity contribution in [2.75, 3.05) is 0 Å². The number of carbonyl (C=O) groups excluding carboxylic acids is 2. The molecule has 1 radical (unpaired) electrons. The zero-order chi connectivity index (χ0) is 7.54. The monoisotopic (exact) mass is 195 g/mol. The van der Waals surface area contributed by atoms with Gasteiger partial charge in [-0.15, -0.1) is 6.42 Å². The first kappa shape index (κ1) is 22.4. The van der Waals surface area contributed by atoms with Crippen molar-refractivity contribution in [3.05, 3.63) is 31.7 Å². The summed E-state index contributed by atoms with van der Waals surface area (Å²) in [5.41, 5.74) is 0. The summed E-state index contributed by atoms with van der Waals surface area (Å²) in [6.07, 6.45) is 10.0. The van der Waals surface area contributed by atoms with Gasteiger partial charge in [0.05, 0.1) is 0 Å². The fourth-order valence-corrected chi connectivity index (χ4v) is 0.340. The van der Waals surface area contributed by atoms with Crippen LogP contribution in [0.3, 0.4) is 0 Å². The molecule has 0 aliphatic heterocycles. The Morgan fingerprint density at radius 2 is 1.64 bits per heavy atom. The molecule has 0 amide bonds. The van der Waals surface area contributed by atoms with Crippen molar-refractivity contribution in [1.29, 1.82) is 0 Å². The number of carbonyl (C=O) groups is 2. The first-order valence-electron chi connectivity index (χ1n) is 2.29. The molecule has 0 fully saturated rings. The zero-order valence-corrected chi connectivity index (χ0v) is 7.73. The van der Waals surface area contributed by atoms with Gasteiger partial charge < -0.3 is 17.0 Å². The van der Waals surface area contributed by atoms with E-state index in [-0.39, 0.29) is 24.5 Å². The molecule has 0 N–H and O–H groups in total. The third-order valence-electron chi connectivity index (χ3n) is 0.586. The zero-order valence-electron chi connectivity index (χ0n) is 6.55. The van der Waals surface area contributed by atoms with Gasteiger partial charge in [0.1, 0.15) is 13.6 Å². The summed E-state index contributed by atoms with van der Waals surface area (Å²) in [7, 11) is 0. The van der Waals surface area contributed by atoms with Crippen molar-refractivity contribution in [3.8, 4) is 0 Å². The summed E-state index contributed by atoms with van der Waals surface area (Å²) in [5.74, 6) is 0. The average molecular weight is 195 g/mol. The molecule has 0 unspecified atom stereocenters. The summed E-state index contributed by atoms with van der Waals surface area (Å²) in [6.45, 7) is 4.00. The van der Waals surface area contributed by atoms with Gasteiger partial charge >= 0.3 is 17.1 Å². The summed E-state index contributed by atoms with van der Waals surface area (Å²) in [5, 5.41) is 0. The van der Waals surface area contributed by atoms with Crippen LogP contribution >= 0.6 is 0 Å². The molecule has 0 saturated heterocycles. The normalized spacial score (nSPS) is 8.73. The van der Waals surface area contributed by atoms with Crippen LogP contribution in [0.2, 0.25) is 0 Å². The predicted molar refractivity (Wildman–Crippen MR) is 42.2 cm³/mol.